The molecular weight excluding hydrogens is 551 g/mol. The largest absolute Gasteiger partial charge is 0.507 e. The highest BCUT2D eigenvalue weighted by molar-refractivity contribution is 7.17. The van der Waals surface area contributed by atoms with Gasteiger partial charge in [0.15, 0.2) is 5.13 Å². The van der Waals surface area contributed by atoms with E-state index in [4.69, 9.17) is 32.7 Å². The zero-order valence-electron chi connectivity index (χ0n) is 20.8. The van der Waals surface area contributed by atoms with Crippen molar-refractivity contribution in [2.24, 2.45) is 0 Å². The van der Waals surface area contributed by atoms with Crippen LogP contribution >= 0.6 is 34.5 Å². The van der Waals surface area contributed by atoms with Gasteiger partial charge in [-0.1, -0.05) is 53.9 Å². The minimum Gasteiger partial charge on any atom is -0.507 e. The van der Waals surface area contributed by atoms with Crippen molar-refractivity contribution in [3.05, 3.63) is 79.8 Å². The third kappa shape index (κ3) is 5.27. The molecular formula is C27H24Cl2N2O6S. The summed E-state index contributed by atoms with van der Waals surface area (Å²) in [6.07, 6.45) is 1.90. The molecule has 4 rings (SSSR count). The first-order chi connectivity index (χ1) is 18.2. The Bertz CT molecular complexity index is 1430. The molecule has 1 aromatic heterocycles. The number of aliphatic hydroxyl groups is 1. The summed E-state index contributed by atoms with van der Waals surface area (Å²) < 4.78 is 10.5. The Labute approximate surface area is 233 Å². The molecule has 8 nitrogen and oxygen atoms in total. The Kier molecular flexibility index (Phi) is 8.40. The van der Waals surface area contributed by atoms with E-state index in [0.717, 1.165) is 29.1 Å². The van der Waals surface area contributed by atoms with Gasteiger partial charge in [-0.2, -0.15) is 0 Å². The van der Waals surface area contributed by atoms with Crippen LogP contribution in [0.2, 0.25) is 10.0 Å². The van der Waals surface area contributed by atoms with Gasteiger partial charge in [0.1, 0.15) is 16.4 Å². The maximum absolute atomic E-state index is 13.4. The van der Waals surface area contributed by atoms with E-state index in [9.17, 15) is 19.5 Å². The Morgan fingerprint density at radius 2 is 1.84 bits per heavy atom. The first-order valence-electron chi connectivity index (χ1n) is 11.7. The van der Waals surface area contributed by atoms with Crippen LogP contribution in [0.3, 0.4) is 0 Å². The number of carbonyl (C=O) groups is 3. The molecule has 0 aliphatic carbocycles. The molecule has 3 aromatic rings. The molecule has 11 heteroatoms. The number of thiazole rings is 1. The maximum Gasteiger partial charge on any atom is 0.350 e. The van der Waals surface area contributed by atoms with Gasteiger partial charge in [0.2, 0.25) is 0 Å². The molecule has 1 unspecified atom stereocenters. The van der Waals surface area contributed by atoms with Gasteiger partial charge in [-0.05, 0) is 55.3 Å². The number of rotatable bonds is 8. The van der Waals surface area contributed by atoms with Crippen LogP contribution in [0.4, 0.5) is 5.13 Å². The highest BCUT2D eigenvalue weighted by atomic mass is 35.5. The number of aryl methyl sites for hydroxylation is 1. The van der Waals surface area contributed by atoms with Crippen molar-refractivity contribution < 1.29 is 29.0 Å². The van der Waals surface area contributed by atoms with Crippen LogP contribution in [0.1, 0.15) is 52.3 Å². The van der Waals surface area contributed by atoms with Crippen LogP contribution in [0.5, 0.6) is 5.75 Å². The third-order valence-electron chi connectivity index (χ3n) is 5.96. The second-order valence-corrected chi connectivity index (χ2v) is 10.3. The standard InChI is InChI=1S/C27H24Cl2N2O6S/c1-4-5-12-37-17-9-6-15(7-10-17)22(32)20-21(16-8-11-18(28)19(29)13-16)31(25(34)23(20)33)27-30-14(2)24(38-27)26(35)36-3/h6-11,13,21,32H,4-5,12H2,1-3H3/b22-20-. The second kappa shape index (κ2) is 11.6. The van der Waals surface area contributed by atoms with Gasteiger partial charge in [0, 0.05) is 5.56 Å². The number of esters is 1. The van der Waals surface area contributed by atoms with Gasteiger partial charge in [0.25, 0.3) is 5.78 Å². The van der Waals surface area contributed by atoms with Crippen molar-refractivity contribution in [1.82, 2.24) is 4.98 Å². The van der Waals surface area contributed by atoms with Gasteiger partial charge in [0.05, 0.1) is 41.1 Å². The number of anilines is 1. The Morgan fingerprint density at radius 3 is 2.47 bits per heavy atom. The first-order valence-corrected chi connectivity index (χ1v) is 13.3. The fourth-order valence-corrected chi connectivity index (χ4v) is 5.31. The van der Waals surface area contributed by atoms with Crippen molar-refractivity contribution in [2.45, 2.75) is 32.7 Å². The number of methoxy groups -OCH3 is 1. The molecule has 0 bridgehead atoms. The molecule has 38 heavy (non-hydrogen) atoms. The van der Waals surface area contributed by atoms with E-state index in [1.165, 1.54) is 19.2 Å². The predicted octanol–water partition coefficient (Wildman–Crippen LogP) is 6.35. The van der Waals surface area contributed by atoms with E-state index in [0.29, 0.717) is 29.2 Å². The molecule has 0 saturated carbocycles. The van der Waals surface area contributed by atoms with E-state index in [1.54, 1.807) is 37.3 Å². The number of Topliss-reactive ketones (excluding diaryl/α,β-unsaturated/α-hetero) is 1. The SMILES string of the molecule is CCCCOc1ccc(/C(O)=C2/C(=O)C(=O)N(c3nc(C)c(C(=O)OC)s3)C2c2ccc(Cl)c(Cl)c2)cc1. The summed E-state index contributed by atoms with van der Waals surface area (Å²) in [6, 6.07) is 10.2. The maximum atomic E-state index is 13.4. The van der Waals surface area contributed by atoms with E-state index < -0.39 is 23.7 Å². The molecule has 0 spiro atoms. The Balaban J connectivity index is 1.84. The van der Waals surface area contributed by atoms with Crippen LogP contribution in [-0.4, -0.2) is 41.5 Å². The summed E-state index contributed by atoms with van der Waals surface area (Å²) in [5.41, 5.74) is 0.930. The highest BCUT2D eigenvalue weighted by Crippen LogP contribution is 2.45. The van der Waals surface area contributed by atoms with Gasteiger partial charge in [-0.25, -0.2) is 9.78 Å². The van der Waals surface area contributed by atoms with Crippen molar-refractivity contribution in [2.75, 3.05) is 18.6 Å². The summed E-state index contributed by atoms with van der Waals surface area (Å²) in [4.78, 5) is 44.6. The molecule has 1 fully saturated rings. The summed E-state index contributed by atoms with van der Waals surface area (Å²) in [5.74, 6) is -2.19. The van der Waals surface area contributed by atoms with Gasteiger partial charge < -0.3 is 14.6 Å². The topological polar surface area (TPSA) is 106 Å². The lowest BCUT2D eigenvalue weighted by molar-refractivity contribution is -0.132. The van der Waals surface area contributed by atoms with Gasteiger partial charge in [-0.15, -0.1) is 0 Å². The minimum absolute atomic E-state index is 0.0970. The smallest absolute Gasteiger partial charge is 0.350 e. The van der Waals surface area contributed by atoms with E-state index >= 15 is 0 Å². The molecule has 1 aliphatic heterocycles. The molecule has 1 aliphatic rings. The monoisotopic (exact) mass is 574 g/mol. The first kappa shape index (κ1) is 27.6. The number of hydrogen-bond acceptors (Lipinski definition) is 8. The normalized spacial score (nSPS) is 16.7. The summed E-state index contributed by atoms with van der Waals surface area (Å²) in [5, 5.41) is 11.9. The van der Waals surface area contributed by atoms with E-state index in [-0.39, 0.29) is 31.4 Å². The number of ether oxygens (including phenoxy) is 2. The number of aromatic nitrogens is 1. The third-order valence-corrected chi connectivity index (χ3v) is 7.84. The number of aliphatic hydroxyl groups excluding tert-OH is 1. The van der Waals surface area contributed by atoms with Gasteiger partial charge in [-0.3, -0.25) is 14.5 Å². The quantitative estimate of drug-likeness (QED) is 0.110. The lowest BCUT2D eigenvalue weighted by Gasteiger charge is -2.23. The number of nitrogens with zero attached hydrogens (tertiary/aromatic N) is 2. The van der Waals surface area contributed by atoms with Crippen LogP contribution in [0.15, 0.2) is 48.0 Å². The van der Waals surface area contributed by atoms with Crippen molar-refractivity contribution in [1.29, 1.82) is 0 Å². The molecule has 1 amide bonds. The summed E-state index contributed by atoms with van der Waals surface area (Å²) >= 11 is 13.3. The zero-order valence-corrected chi connectivity index (χ0v) is 23.1. The average molecular weight is 575 g/mol. The predicted molar refractivity (Wildman–Crippen MR) is 146 cm³/mol. The van der Waals surface area contributed by atoms with Crippen LogP contribution < -0.4 is 9.64 Å². The number of ketones is 1. The second-order valence-electron chi connectivity index (χ2n) is 8.47. The molecule has 1 saturated heterocycles. The molecule has 1 atom stereocenters. The fourth-order valence-electron chi connectivity index (χ4n) is 3.99. The van der Waals surface area contributed by atoms with Crippen molar-refractivity contribution in [3.8, 4) is 5.75 Å². The Hall–Kier alpha value is -3.40. The summed E-state index contributed by atoms with van der Waals surface area (Å²) in [7, 11) is 1.24. The zero-order chi connectivity index (χ0) is 27.6. The van der Waals surface area contributed by atoms with Gasteiger partial charge >= 0.3 is 11.9 Å². The minimum atomic E-state index is -1.08. The van der Waals surface area contributed by atoms with Crippen molar-refractivity contribution in [3.63, 3.8) is 0 Å². The van der Waals surface area contributed by atoms with Crippen LogP contribution in [-0.2, 0) is 14.3 Å². The molecule has 2 aromatic carbocycles. The molecule has 0 radical (unpaired) electrons. The number of carbonyl (C=O) groups excluding carboxylic acids is 3. The average Bonchev–Trinajstić information content (AvgIpc) is 3.42. The van der Waals surface area contributed by atoms with Crippen LogP contribution in [0, 0.1) is 6.92 Å². The molecule has 1 N–H and O–H groups in total. The van der Waals surface area contributed by atoms with Crippen molar-refractivity contribution >= 4 is 63.1 Å². The number of amides is 1. The molecule has 2 heterocycles. The highest BCUT2D eigenvalue weighted by Gasteiger charge is 2.48. The van der Waals surface area contributed by atoms with E-state index in [2.05, 4.69) is 11.9 Å². The van der Waals surface area contributed by atoms with E-state index in [1.807, 2.05) is 0 Å². The number of hydrogen-bond donors (Lipinski definition) is 1. The fraction of sp³-hybridized carbons (Fsp3) is 0.259. The number of halogens is 2. The summed E-state index contributed by atoms with van der Waals surface area (Å²) in [6.45, 7) is 4.22. The lowest BCUT2D eigenvalue weighted by Crippen LogP contribution is -2.29. The lowest BCUT2D eigenvalue weighted by atomic mass is 9.95. The molecule has 198 valence electrons. The van der Waals surface area contributed by atoms with Crippen LogP contribution in [0.25, 0.3) is 5.76 Å². The number of unbranched alkanes of at least 4 members (excludes halogenated alkanes) is 1. The Morgan fingerprint density at radius 1 is 1.13 bits per heavy atom. The number of benzene rings is 2.